The first-order valence-corrected chi connectivity index (χ1v) is 15.2. The van der Waals surface area contributed by atoms with Gasteiger partial charge in [0.1, 0.15) is 17.2 Å². The highest BCUT2D eigenvalue weighted by molar-refractivity contribution is 5.68. The predicted molar refractivity (Wildman–Crippen MR) is 162 cm³/mol. The van der Waals surface area contributed by atoms with Gasteiger partial charge in [-0.15, -0.1) is 0 Å². The van der Waals surface area contributed by atoms with Gasteiger partial charge in [0, 0.05) is 38.0 Å². The van der Waals surface area contributed by atoms with Crippen LogP contribution in [-0.2, 0) is 4.74 Å². The van der Waals surface area contributed by atoms with E-state index in [-0.39, 0.29) is 30.5 Å². The van der Waals surface area contributed by atoms with Crippen molar-refractivity contribution < 1.29 is 32.3 Å². The lowest BCUT2D eigenvalue weighted by Crippen LogP contribution is -2.43. The number of halogens is 2. The second kappa shape index (κ2) is 13.4. The molecule has 12 nitrogen and oxygen atoms in total. The molecule has 1 N–H and O–H groups in total. The average molecular weight is 630 g/mol. The van der Waals surface area contributed by atoms with E-state index in [0.717, 1.165) is 44.1 Å². The number of carbonyl (C=O) groups excluding carboxylic acids is 1. The van der Waals surface area contributed by atoms with Crippen molar-refractivity contribution in [3.63, 3.8) is 0 Å². The molecule has 0 bridgehead atoms. The first kappa shape index (κ1) is 32.2. The summed E-state index contributed by atoms with van der Waals surface area (Å²) < 4.78 is 51.5. The van der Waals surface area contributed by atoms with Crippen molar-refractivity contribution >= 4 is 18.1 Å². The Bertz CT molecular complexity index is 1470. The van der Waals surface area contributed by atoms with Crippen molar-refractivity contribution in [1.29, 1.82) is 0 Å². The third-order valence-corrected chi connectivity index (χ3v) is 7.87. The van der Waals surface area contributed by atoms with Crippen LogP contribution in [0.2, 0.25) is 0 Å². The van der Waals surface area contributed by atoms with Crippen molar-refractivity contribution in [3.8, 4) is 11.6 Å². The van der Waals surface area contributed by atoms with Gasteiger partial charge in [-0.05, 0) is 63.3 Å². The summed E-state index contributed by atoms with van der Waals surface area (Å²) >= 11 is 0. The van der Waals surface area contributed by atoms with E-state index < -0.39 is 35.3 Å². The number of carbonyl (C=O) groups is 1. The molecule has 0 unspecified atom stereocenters. The highest BCUT2D eigenvalue weighted by atomic mass is 19.1. The molecule has 14 heteroatoms. The van der Waals surface area contributed by atoms with E-state index in [1.165, 1.54) is 7.11 Å². The number of nitrogens with zero attached hydrogens (tertiary/aromatic N) is 6. The number of rotatable bonds is 9. The summed E-state index contributed by atoms with van der Waals surface area (Å²) in [6, 6.07) is 3.25. The van der Waals surface area contributed by atoms with E-state index in [1.807, 2.05) is 13.8 Å². The lowest BCUT2D eigenvalue weighted by molar-refractivity contribution is 0.0504. The second-order valence-corrected chi connectivity index (χ2v) is 12.8. The SMILES string of the molecule is COc1nc(N2C[C@H](NC(=O)OC(C)(C)C)[C@@H](c3cc(F)ccc3F)C2)ncc1OCC1CCN(c2nc(C(C)C)no2)CC1. The molecular weight excluding hydrogens is 588 g/mol. The van der Waals surface area contributed by atoms with Crippen molar-refractivity contribution in [2.24, 2.45) is 5.92 Å². The van der Waals surface area contributed by atoms with E-state index in [2.05, 4.69) is 30.3 Å². The molecule has 0 saturated carbocycles. The number of methoxy groups -OCH3 is 1. The van der Waals surface area contributed by atoms with Crippen LogP contribution in [0.25, 0.3) is 0 Å². The van der Waals surface area contributed by atoms with E-state index in [9.17, 15) is 13.6 Å². The second-order valence-electron chi connectivity index (χ2n) is 12.8. The van der Waals surface area contributed by atoms with Crippen molar-refractivity contribution in [1.82, 2.24) is 25.4 Å². The summed E-state index contributed by atoms with van der Waals surface area (Å²) in [6.07, 6.45) is 2.67. The molecule has 0 radical (unpaired) electrons. The molecule has 244 valence electrons. The smallest absolute Gasteiger partial charge is 0.407 e. The largest absolute Gasteiger partial charge is 0.486 e. The van der Waals surface area contributed by atoms with E-state index in [0.29, 0.717) is 36.1 Å². The van der Waals surface area contributed by atoms with Crippen LogP contribution in [0.3, 0.4) is 0 Å². The van der Waals surface area contributed by atoms with Gasteiger partial charge in [0.15, 0.2) is 11.6 Å². The first-order valence-electron chi connectivity index (χ1n) is 15.2. The predicted octanol–water partition coefficient (Wildman–Crippen LogP) is 5.06. The zero-order valence-electron chi connectivity index (χ0n) is 26.5. The van der Waals surface area contributed by atoms with Gasteiger partial charge in [-0.2, -0.15) is 9.97 Å². The van der Waals surface area contributed by atoms with Gasteiger partial charge < -0.3 is 33.9 Å². The maximum Gasteiger partial charge on any atom is 0.407 e. The summed E-state index contributed by atoms with van der Waals surface area (Å²) in [7, 11) is 1.50. The van der Waals surface area contributed by atoms with Gasteiger partial charge in [0.25, 0.3) is 5.88 Å². The molecule has 2 atom stereocenters. The Balaban J connectivity index is 1.24. The molecule has 1 aromatic carbocycles. The Morgan fingerprint density at radius 3 is 2.56 bits per heavy atom. The quantitative estimate of drug-likeness (QED) is 0.341. The normalized spacial score (nSPS) is 19.2. The number of hydrogen-bond donors (Lipinski definition) is 1. The molecule has 1 amide bonds. The highest BCUT2D eigenvalue weighted by Gasteiger charge is 2.39. The fourth-order valence-corrected chi connectivity index (χ4v) is 5.52. The summed E-state index contributed by atoms with van der Waals surface area (Å²) in [5, 5.41) is 6.88. The van der Waals surface area contributed by atoms with Gasteiger partial charge in [0.2, 0.25) is 5.95 Å². The molecule has 2 aliphatic rings. The van der Waals surface area contributed by atoms with Crippen LogP contribution >= 0.6 is 0 Å². The summed E-state index contributed by atoms with van der Waals surface area (Å²) in [5.74, 6) is 0.446. The molecule has 45 heavy (non-hydrogen) atoms. The molecule has 2 aliphatic heterocycles. The number of alkyl carbamates (subject to hydrolysis) is 1. The maximum atomic E-state index is 14.9. The van der Waals surface area contributed by atoms with Gasteiger partial charge in [-0.1, -0.05) is 19.0 Å². The van der Waals surface area contributed by atoms with Crippen molar-refractivity contribution in [2.45, 2.75) is 70.9 Å². The number of amides is 1. The fraction of sp³-hybridized carbons (Fsp3) is 0.581. The fourth-order valence-electron chi connectivity index (χ4n) is 5.52. The van der Waals surface area contributed by atoms with E-state index in [4.69, 9.17) is 18.7 Å². The number of nitrogens with one attached hydrogen (secondary N) is 1. The van der Waals surface area contributed by atoms with E-state index in [1.54, 1.807) is 31.9 Å². The third-order valence-electron chi connectivity index (χ3n) is 7.87. The van der Waals surface area contributed by atoms with Crippen LogP contribution < -0.4 is 24.6 Å². The first-order chi connectivity index (χ1) is 21.4. The average Bonchev–Trinajstić information content (AvgIpc) is 3.65. The Labute approximate surface area is 261 Å². The minimum absolute atomic E-state index is 0.149. The molecule has 0 aliphatic carbocycles. The topological polar surface area (TPSA) is 128 Å². The summed E-state index contributed by atoms with van der Waals surface area (Å²) in [6.45, 7) is 11.8. The molecule has 4 heterocycles. The lowest BCUT2D eigenvalue weighted by Gasteiger charge is -2.30. The molecular formula is C31H41F2N7O5. The maximum absolute atomic E-state index is 14.9. The van der Waals surface area contributed by atoms with Crippen molar-refractivity contribution in [2.75, 3.05) is 49.7 Å². The minimum Gasteiger partial charge on any atom is -0.486 e. The van der Waals surface area contributed by atoms with Crippen LogP contribution in [0.1, 0.15) is 70.7 Å². The Hall–Kier alpha value is -4.23. The van der Waals surface area contributed by atoms with Crippen LogP contribution in [0.4, 0.5) is 25.5 Å². The molecule has 0 spiro atoms. The van der Waals surface area contributed by atoms with Gasteiger partial charge in [-0.3, -0.25) is 0 Å². The number of aromatic nitrogens is 4. The lowest BCUT2D eigenvalue weighted by atomic mass is 9.94. The Kier molecular flexibility index (Phi) is 9.59. The number of ether oxygens (including phenoxy) is 3. The van der Waals surface area contributed by atoms with Crippen LogP contribution in [0, 0.1) is 17.6 Å². The Morgan fingerprint density at radius 2 is 1.89 bits per heavy atom. The highest BCUT2D eigenvalue weighted by Crippen LogP contribution is 2.34. The molecule has 3 aromatic rings. The number of benzene rings is 1. The summed E-state index contributed by atoms with van der Waals surface area (Å²) in [5.41, 5.74) is -0.576. The standard InChI is InChI=1S/C31H41F2N7O5/c1-18(2)26-36-29(45-38-26)39-11-9-19(10-12-39)17-43-25-14-34-28(37-27(25)42-6)40-15-22(21-13-20(32)7-8-23(21)33)24(16-40)35-30(41)44-31(3,4)5/h7-8,13-14,18-19,22,24H,9-12,15-17H2,1-6H3,(H,35,41)/t22-,24+/m1/s1. The monoisotopic (exact) mass is 629 g/mol. The Morgan fingerprint density at radius 1 is 1.13 bits per heavy atom. The van der Waals surface area contributed by atoms with Crippen molar-refractivity contribution in [3.05, 3.63) is 47.4 Å². The molecule has 5 rings (SSSR count). The number of hydrogen-bond acceptors (Lipinski definition) is 11. The van der Waals surface area contributed by atoms with Gasteiger partial charge in [0.05, 0.1) is 26.0 Å². The van der Waals surface area contributed by atoms with Gasteiger partial charge in [-0.25, -0.2) is 18.6 Å². The number of piperidine rings is 1. The van der Waals surface area contributed by atoms with Gasteiger partial charge >= 0.3 is 12.1 Å². The van der Waals surface area contributed by atoms with Crippen LogP contribution in [-0.4, -0.2) is 77.7 Å². The van der Waals surface area contributed by atoms with Crippen LogP contribution in [0.15, 0.2) is 28.9 Å². The van der Waals surface area contributed by atoms with Crippen LogP contribution in [0.5, 0.6) is 11.6 Å². The molecule has 2 saturated heterocycles. The zero-order valence-corrected chi connectivity index (χ0v) is 26.5. The zero-order chi connectivity index (χ0) is 32.3. The third kappa shape index (κ3) is 7.90. The molecule has 2 aromatic heterocycles. The summed E-state index contributed by atoms with van der Waals surface area (Å²) in [4.78, 5) is 30.1. The minimum atomic E-state index is -0.725. The molecule has 2 fully saturated rings. The number of anilines is 2. The van der Waals surface area contributed by atoms with E-state index >= 15 is 0 Å².